The number of aryl methyl sites for hydroxylation is 1. The molecule has 1 unspecified atom stereocenters. The summed E-state index contributed by atoms with van der Waals surface area (Å²) >= 11 is 0. The molecule has 0 bridgehead atoms. The molecule has 1 aromatic carbocycles. The maximum Gasteiger partial charge on any atom is 0.175 e. The summed E-state index contributed by atoms with van der Waals surface area (Å²) in [6.45, 7) is 4.96. The molecule has 0 aliphatic heterocycles. The summed E-state index contributed by atoms with van der Waals surface area (Å²) in [7, 11) is -3.14. The molecule has 0 fully saturated rings. The topological polar surface area (TPSA) is 64.8 Å². The fourth-order valence-electron chi connectivity index (χ4n) is 2.32. The smallest absolute Gasteiger partial charge is 0.175 e. The third-order valence-corrected chi connectivity index (χ3v) is 4.77. The second-order valence-corrected chi connectivity index (χ2v) is 7.23. The van der Waals surface area contributed by atoms with Crippen molar-refractivity contribution < 1.29 is 8.42 Å². The van der Waals surface area contributed by atoms with Gasteiger partial charge in [-0.05, 0) is 43.4 Å². The van der Waals surface area contributed by atoms with Crippen molar-refractivity contribution in [2.24, 2.45) is 0 Å². The number of hydrogen-bond acceptors (Lipinski definition) is 4. The maximum absolute atomic E-state index is 11.5. The number of sulfone groups is 1. The van der Waals surface area contributed by atoms with Crippen molar-refractivity contribution in [3.63, 3.8) is 0 Å². The number of nitrogens with zero attached hydrogens (tertiary/aromatic N) is 3. The Kier molecular flexibility index (Phi) is 4.77. The molecule has 2 aromatic rings. The lowest BCUT2D eigenvalue weighted by Gasteiger charge is -2.14. The molecule has 1 aromatic heterocycles. The van der Waals surface area contributed by atoms with Gasteiger partial charge in [0.1, 0.15) is 0 Å². The third kappa shape index (κ3) is 3.91. The van der Waals surface area contributed by atoms with E-state index in [4.69, 9.17) is 0 Å². The highest BCUT2D eigenvalue weighted by Gasteiger charge is 2.14. The van der Waals surface area contributed by atoms with E-state index >= 15 is 0 Å². The second-order valence-electron chi connectivity index (χ2n) is 5.22. The summed E-state index contributed by atoms with van der Waals surface area (Å²) in [5, 5.41) is 8.22. The van der Waals surface area contributed by atoms with Crippen molar-refractivity contribution in [2.75, 3.05) is 6.26 Å². The van der Waals surface area contributed by atoms with Crippen LogP contribution in [-0.2, 0) is 22.8 Å². The second kappa shape index (κ2) is 6.39. The molecule has 1 heterocycles. The van der Waals surface area contributed by atoms with Gasteiger partial charge in [0.25, 0.3) is 0 Å². The zero-order chi connectivity index (χ0) is 15.5. The van der Waals surface area contributed by atoms with Gasteiger partial charge in [0, 0.05) is 19.0 Å². The van der Waals surface area contributed by atoms with E-state index in [1.165, 1.54) is 6.26 Å². The van der Waals surface area contributed by atoms with Crippen LogP contribution in [0.2, 0.25) is 0 Å². The van der Waals surface area contributed by atoms with Gasteiger partial charge in [0.15, 0.2) is 9.84 Å². The van der Waals surface area contributed by atoms with Crippen molar-refractivity contribution in [1.29, 1.82) is 0 Å². The van der Waals surface area contributed by atoms with Crippen LogP contribution in [0.4, 0.5) is 0 Å². The normalized spacial score (nSPS) is 13.3. The van der Waals surface area contributed by atoms with Crippen LogP contribution in [0.5, 0.6) is 0 Å². The number of benzene rings is 1. The van der Waals surface area contributed by atoms with Crippen molar-refractivity contribution in [2.45, 2.75) is 44.0 Å². The van der Waals surface area contributed by atoms with E-state index in [0.717, 1.165) is 30.6 Å². The fraction of sp³-hybridized carbons (Fsp3) is 0.467. The van der Waals surface area contributed by atoms with Crippen molar-refractivity contribution in [3.05, 3.63) is 41.7 Å². The Hall–Kier alpha value is -1.69. The first kappa shape index (κ1) is 15.7. The minimum atomic E-state index is -3.14. The van der Waals surface area contributed by atoms with Crippen LogP contribution in [0.3, 0.4) is 0 Å². The Morgan fingerprint density at radius 3 is 2.33 bits per heavy atom. The Bertz CT molecular complexity index is 690. The van der Waals surface area contributed by atoms with Crippen molar-refractivity contribution in [3.8, 4) is 0 Å². The van der Waals surface area contributed by atoms with Gasteiger partial charge in [-0.3, -0.25) is 4.68 Å². The SMILES string of the molecule is CCC(Cc1cn(CC)nn1)c1ccc(S(C)(=O)=O)cc1. The highest BCUT2D eigenvalue weighted by atomic mass is 32.2. The summed E-state index contributed by atoms with van der Waals surface area (Å²) in [6.07, 6.45) is 4.97. The molecule has 5 nitrogen and oxygen atoms in total. The molecule has 21 heavy (non-hydrogen) atoms. The zero-order valence-corrected chi connectivity index (χ0v) is 13.5. The van der Waals surface area contributed by atoms with Crippen LogP contribution in [0.1, 0.15) is 37.4 Å². The van der Waals surface area contributed by atoms with Gasteiger partial charge in [-0.25, -0.2) is 8.42 Å². The van der Waals surface area contributed by atoms with Gasteiger partial charge in [0.2, 0.25) is 0 Å². The van der Waals surface area contributed by atoms with Crippen molar-refractivity contribution in [1.82, 2.24) is 15.0 Å². The van der Waals surface area contributed by atoms with Gasteiger partial charge in [-0.1, -0.05) is 24.3 Å². The molecule has 0 N–H and O–H groups in total. The van der Waals surface area contributed by atoms with E-state index in [2.05, 4.69) is 17.2 Å². The van der Waals surface area contributed by atoms with E-state index in [0.29, 0.717) is 10.8 Å². The minimum Gasteiger partial charge on any atom is -0.253 e. The van der Waals surface area contributed by atoms with Crippen LogP contribution in [0.15, 0.2) is 35.4 Å². The average molecular weight is 307 g/mol. The first-order chi connectivity index (χ1) is 9.94. The Labute approximate surface area is 125 Å². The Morgan fingerprint density at radius 2 is 1.86 bits per heavy atom. The number of hydrogen-bond donors (Lipinski definition) is 0. The van der Waals surface area contributed by atoms with Gasteiger partial charge in [-0.2, -0.15) is 0 Å². The van der Waals surface area contributed by atoms with Gasteiger partial charge < -0.3 is 0 Å². The fourth-order valence-corrected chi connectivity index (χ4v) is 2.95. The number of aromatic nitrogens is 3. The van der Waals surface area contributed by atoms with Crippen LogP contribution in [0, 0.1) is 0 Å². The molecule has 0 saturated heterocycles. The largest absolute Gasteiger partial charge is 0.253 e. The molecule has 0 radical (unpaired) electrons. The van der Waals surface area contributed by atoms with E-state index in [9.17, 15) is 8.42 Å². The monoisotopic (exact) mass is 307 g/mol. The lowest BCUT2D eigenvalue weighted by atomic mass is 9.92. The van der Waals surface area contributed by atoms with Gasteiger partial charge >= 0.3 is 0 Å². The summed E-state index contributed by atoms with van der Waals surface area (Å²) in [5.41, 5.74) is 2.10. The molecule has 0 saturated carbocycles. The predicted molar refractivity (Wildman–Crippen MR) is 82.0 cm³/mol. The molecule has 0 spiro atoms. The number of rotatable bonds is 6. The Morgan fingerprint density at radius 1 is 1.19 bits per heavy atom. The van der Waals surface area contributed by atoms with Crippen LogP contribution >= 0.6 is 0 Å². The summed E-state index contributed by atoms with van der Waals surface area (Å²) in [6, 6.07) is 7.15. The summed E-state index contributed by atoms with van der Waals surface area (Å²) in [5.74, 6) is 0.320. The minimum absolute atomic E-state index is 0.320. The lowest BCUT2D eigenvalue weighted by molar-refractivity contribution is 0.601. The van der Waals surface area contributed by atoms with E-state index in [1.807, 2.05) is 29.9 Å². The molecule has 6 heteroatoms. The molecule has 0 aliphatic carbocycles. The standard InChI is InChI=1S/C15H21N3O2S/c1-4-12(10-14-11-18(5-2)17-16-14)13-6-8-15(9-7-13)21(3,19)20/h6-9,11-12H,4-5,10H2,1-3H3. The first-order valence-corrected chi connectivity index (χ1v) is 9.02. The molecule has 0 aliphatic rings. The molecular weight excluding hydrogens is 286 g/mol. The van der Waals surface area contributed by atoms with Crippen LogP contribution < -0.4 is 0 Å². The highest BCUT2D eigenvalue weighted by Crippen LogP contribution is 2.24. The lowest BCUT2D eigenvalue weighted by Crippen LogP contribution is -2.03. The third-order valence-electron chi connectivity index (χ3n) is 3.64. The van der Waals surface area contributed by atoms with Gasteiger partial charge in [-0.15, -0.1) is 5.10 Å². The van der Waals surface area contributed by atoms with Gasteiger partial charge in [0.05, 0.1) is 10.6 Å². The van der Waals surface area contributed by atoms with Crippen LogP contribution in [-0.4, -0.2) is 29.7 Å². The predicted octanol–water partition coefficient (Wildman–Crippen LogP) is 2.44. The highest BCUT2D eigenvalue weighted by molar-refractivity contribution is 7.90. The summed E-state index contributed by atoms with van der Waals surface area (Å²) < 4.78 is 24.8. The molecule has 2 rings (SSSR count). The summed E-state index contributed by atoms with van der Waals surface area (Å²) in [4.78, 5) is 0.359. The average Bonchev–Trinajstić information content (AvgIpc) is 2.92. The molecule has 114 valence electrons. The van der Waals surface area contributed by atoms with Crippen molar-refractivity contribution >= 4 is 9.84 Å². The zero-order valence-electron chi connectivity index (χ0n) is 12.7. The molecule has 0 amide bonds. The molecular formula is C15H21N3O2S. The molecule has 1 atom stereocenters. The quantitative estimate of drug-likeness (QED) is 0.822. The van der Waals surface area contributed by atoms with E-state index < -0.39 is 9.84 Å². The van der Waals surface area contributed by atoms with E-state index in [1.54, 1.807) is 12.1 Å². The Balaban J connectivity index is 2.17. The van der Waals surface area contributed by atoms with E-state index in [-0.39, 0.29) is 0 Å². The maximum atomic E-state index is 11.5. The van der Waals surface area contributed by atoms with Crippen LogP contribution in [0.25, 0.3) is 0 Å². The first-order valence-electron chi connectivity index (χ1n) is 7.13.